The first-order chi connectivity index (χ1) is 15.6. The van der Waals surface area contributed by atoms with Crippen LogP contribution in [0.5, 0.6) is 0 Å². The number of allylic oxidation sites excluding steroid dienone is 1. The van der Waals surface area contributed by atoms with Crippen LogP contribution in [0.3, 0.4) is 0 Å². The maximum Gasteiger partial charge on any atom is 0.192 e. The zero-order valence-corrected chi connectivity index (χ0v) is 20.8. The average Bonchev–Trinajstić information content (AvgIpc) is 3.51. The third-order valence-corrected chi connectivity index (χ3v) is 8.92. The van der Waals surface area contributed by atoms with Gasteiger partial charge in [-0.25, -0.2) is 4.98 Å². The van der Waals surface area contributed by atoms with Gasteiger partial charge in [-0.1, -0.05) is 49.0 Å². The standard InChI is InChI=1S/C25H26N4S3/c1-4-11-29-23(21-15-30-22-12-16(2)9-10-20(21)22)27-28-25(29)32-14-18-13-31-24(26-18)19-8-6-5-7-17(19)3/h4-8,13,15-16H,1,9-12,14H2,2-3H3. The van der Waals surface area contributed by atoms with Gasteiger partial charge in [-0.05, 0) is 43.2 Å². The molecule has 7 heteroatoms. The molecular formula is C25H26N4S3. The molecule has 0 saturated heterocycles. The van der Waals surface area contributed by atoms with Crippen molar-refractivity contribution in [2.24, 2.45) is 5.92 Å². The average molecular weight is 479 g/mol. The number of rotatable bonds is 7. The molecule has 1 unspecified atom stereocenters. The van der Waals surface area contributed by atoms with Crippen LogP contribution in [0.1, 0.15) is 35.0 Å². The number of fused-ring (bicyclic) bond motifs is 1. The summed E-state index contributed by atoms with van der Waals surface area (Å²) in [5.41, 5.74) is 6.28. The Hall–Kier alpha value is -2.22. The molecule has 1 aliphatic carbocycles. The minimum atomic E-state index is 0.706. The lowest BCUT2D eigenvalue weighted by Gasteiger charge is -2.19. The van der Waals surface area contributed by atoms with Gasteiger partial charge < -0.3 is 0 Å². The van der Waals surface area contributed by atoms with Gasteiger partial charge in [0.05, 0.1) is 5.69 Å². The number of aromatic nitrogens is 4. The van der Waals surface area contributed by atoms with Crippen molar-refractivity contribution in [1.29, 1.82) is 0 Å². The highest BCUT2D eigenvalue weighted by molar-refractivity contribution is 7.98. The molecule has 0 radical (unpaired) electrons. The van der Waals surface area contributed by atoms with Gasteiger partial charge in [-0.2, -0.15) is 0 Å². The Morgan fingerprint density at radius 3 is 2.91 bits per heavy atom. The van der Waals surface area contributed by atoms with Crippen molar-refractivity contribution < 1.29 is 0 Å². The second-order valence-corrected chi connectivity index (χ2v) is 11.1. The van der Waals surface area contributed by atoms with E-state index in [0.717, 1.165) is 39.8 Å². The van der Waals surface area contributed by atoms with Crippen molar-refractivity contribution >= 4 is 34.4 Å². The zero-order chi connectivity index (χ0) is 22.1. The van der Waals surface area contributed by atoms with E-state index in [-0.39, 0.29) is 0 Å². The normalized spacial score (nSPS) is 15.6. The van der Waals surface area contributed by atoms with Gasteiger partial charge in [0.25, 0.3) is 0 Å². The molecule has 3 heterocycles. The van der Waals surface area contributed by atoms with Crippen LogP contribution in [0.4, 0.5) is 0 Å². The third-order valence-electron chi connectivity index (χ3n) is 5.95. The molecule has 164 valence electrons. The van der Waals surface area contributed by atoms with E-state index in [9.17, 15) is 0 Å². The molecule has 0 bridgehead atoms. The number of hydrogen-bond donors (Lipinski definition) is 0. The van der Waals surface area contributed by atoms with Crippen LogP contribution in [0.15, 0.2) is 52.8 Å². The van der Waals surface area contributed by atoms with Crippen LogP contribution in [0, 0.1) is 12.8 Å². The molecule has 1 atom stereocenters. The zero-order valence-electron chi connectivity index (χ0n) is 18.4. The Bertz CT molecular complexity index is 1250. The van der Waals surface area contributed by atoms with E-state index >= 15 is 0 Å². The summed E-state index contributed by atoms with van der Waals surface area (Å²) >= 11 is 5.28. The predicted octanol–water partition coefficient (Wildman–Crippen LogP) is 7.04. The summed E-state index contributed by atoms with van der Waals surface area (Å²) in [7, 11) is 0. The van der Waals surface area contributed by atoms with Gasteiger partial charge in [0.2, 0.25) is 0 Å². The van der Waals surface area contributed by atoms with Gasteiger partial charge in [0.15, 0.2) is 11.0 Å². The number of hydrogen-bond acceptors (Lipinski definition) is 6. The van der Waals surface area contributed by atoms with Crippen molar-refractivity contribution in [2.45, 2.75) is 50.6 Å². The molecule has 0 spiro atoms. The largest absolute Gasteiger partial charge is 0.298 e. The quantitative estimate of drug-likeness (QED) is 0.211. The van der Waals surface area contributed by atoms with Crippen LogP contribution in [-0.2, 0) is 25.1 Å². The first kappa shape index (κ1) is 21.6. The first-order valence-electron chi connectivity index (χ1n) is 10.9. The van der Waals surface area contributed by atoms with E-state index < -0.39 is 0 Å². The summed E-state index contributed by atoms with van der Waals surface area (Å²) in [5, 5.41) is 15.6. The van der Waals surface area contributed by atoms with E-state index in [1.54, 1.807) is 23.1 Å². The smallest absolute Gasteiger partial charge is 0.192 e. The summed E-state index contributed by atoms with van der Waals surface area (Å²) in [4.78, 5) is 6.40. The lowest BCUT2D eigenvalue weighted by Crippen LogP contribution is -2.10. The maximum atomic E-state index is 4.88. The molecule has 4 aromatic rings. The van der Waals surface area contributed by atoms with Gasteiger partial charge in [0.1, 0.15) is 5.01 Å². The number of thiazole rings is 1. The minimum absolute atomic E-state index is 0.706. The molecule has 5 rings (SSSR count). The van der Waals surface area contributed by atoms with Crippen LogP contribution >= 0.6 is 34.4 Å². The Morgan fingerprint density at radius 1 is 1.19 bits per heavy atom. The van der Waals surface area contributed by atoms with E-state index in [2.05, 4.69) is 70.2 Å². The number of thioether (sulfide) groups is 1. The minimum Gasteiger partial charge on any atom is -0.298 e. The van der Waals surface area contributed by atoms with Crippen molar-refractivity contribution in [1.82, 2.24) is 19.7 Å². The molecule has 0 aliphatic heterocycles. The lowest BCUT2D eigenvalue weighted by atomic mass is 9.88. The summed E-state index contributed by atoms with van der Waals surface area (Å²) < 4.78 is 2.20. The van der Waals surface area contributed by atoms with Gasteiger partial charge in [0, 0.05) is 39.1 Å². The second-order valence-electron chi connectivity index (χ2n) is 8.35. The topological polar surface area (TPSA) is 43.6 Å². The fraction of sp³-hybridized carbons (Fsp3) is 0.320. The number of aryl methyl sites for hydroxylation is 1. The lowest BCUT2D eigenvalue weighted by molar-refractivity contribution is 0.508. The first-order valence-corrected chi connectivity index (χ1v) is 13.7. The van der Waals surface area contributed by atoms with E-state index in [1.807, 2.05) is 17.4 Å². The summed E-state index contributed by atoms with van der Waals surface area (Å²) in [6.07, 6.45) is 5.50. The monoisotopic (exact) mass is 478 g/mol. The van der Waals surface area contributed by atoms with Gasteiger partial charge in [-0.15, -0.1) is 39.4 Å². The summed E-state index contributed by atoms with van der Waals surface area (Å²) in [6, 6.07) is 8.41. The molecule has 0 saturated carbocycles. The molecule has 0 N–H and O–H groups in total. The van der Waals surface area contributed by atoms with Gasteiger partial charge in [-0.3, -0.25) is 4.57 Å². The molecular weight excluding hydrogens is 453 g/mol. The SMILES string of the molecule is C=CCn1c(SCc2csc(-c3ccccc3C)n2)nnc1-c1csc2c1CCC(C)C2. The Kier molecular flexibility index (Phi) is 6.31. The Morgan fingerprint density at radius 2 is 2.06 bits per heavy atom. The van der Waals surface area contributed by atoms with E-state index in [4.69, 9.17) is 4.98 Å². The highest BCUT2D eigenvalue weighted by Gasteiger charge is 2.24. The highest BCUT2D eigenvalue weighted by atomic mass is 32.2. The Balaban J connectivity index is 1.37. The second kappa shape index (κ2) is 9.33. The van der Waals surface area contributed by atoms with Gasteiger partial charge >= 0.3 is 0 Å². The van der Waals surface area contributed by atoms with Crippen LogP contribution in [0.25, 0.3) is 22.0 Å². The van der Waals surface area contributed by atoms with E-state index in [0.29, 0.717) is 6.54 Å². The predicted molar refractivity (Wildman–Crippen MR) is 137 cm³/mol. The number of thiophene rings is 1. The molecule has 0 fully saturated rings. The van der Waals surface area contributed by atoms with Crippen molar-refractivity contribution in [3.8, 4) is 22.0 Å². The molecule has 32 heavy (non-hydrogen) atoms. The Labute approximate surface area is 201 Å². The molecule has 1 aliphatic rings. The molecule has 1 aromatic carbocycles. The van der Waals surface area contributed by atoms with Crippen molar-refractivity contribution in [3.05, 3.63) is 69.4 Å². The van der Waals surface area contributed by atoms with Crippen LogP contribution < -0.4 is 0 Å². The summed E-state index contributed by atoms with van der Waals surface area (Å²) in [5.74, 6) is 2.52. The van der Waals surface area contributed by atoms with Crippen LogP contribution in [0.2, 0.25) is 0 Å². The van der Waals surface area contributed by atoms with Crippen molar-refractivity contribution in [2.75, 3.05) is 0 Å². The maximum absolute atomic E-state index is 4.88. The number of benzene rings is 1. The highest BCUT2D eigenvalue weighted by Crippen LogP contribution is 2.38. The molecule has 3 aromatic heterocycles. The number of nitrogens with zero attached hydrogens (tertiary/aromatic N) is 4. The third kappa shape index (κ3) is 4.21. The summed E-state index contributed by atoms with van der Waals surface area (Å²) in [6.45, 7) is 9.15. The fourth-order valence-electron chi connectivity index (χ4n) is 4.20. The van der Waals surface area contributed by atoms with Crippen molar-refractivity contribution in [3.63, 3.8) is 0 Å². The molecule has 0 amide bonds. The molecule has 4 nitrogen and oxygen atoms in total. The van der Waals surface area contributed by atoms with Crippen LogP contribution in [-0.4, -0.2) is 19.7 Å². The van der Waals surface area contributed by atoms with E-state index in [1.165, 1.54) is 40.0 Å². The fourth-order valence-corrected chi connectivity index (χ4v) is 7.30.